The van der Waals surface area contributed by atoms with Gasteiger partial charge in [-0.1, -0.05) is 36.4 Å². The van der Waals surface area contributed by atoms with Crippen LogP contribution in [0.4, 0.5) is 0 Å². The number of sulfonamides is 2. The summed E-state index contributed by atoms with van der Waals surface area (Å²) in [5.74, 6) is 3.49. The molecular formula is C48H44N4O12S2. The number of furan rings is 2. The van der Waals surface area contributed by atoms with Crippen molar-refractivity contribution in [1.82, 2.24) is 19.4 Å². The SMILES string of the molecule is COc1cccnc1[C@@H](NS(=O)(=O)c1ccc2c(c1)OCCCO2)c1cc2ccccc2o1.COc1cccnc1[C@H](NS(=O)(=O)c1ccc2c(c1)OCCCO2)c1cc2ccccc2o1. The summed E-state index contributed by atoms with van der Waals surface area (Å²) in [6.45, 7) is 1.95. The molecule has 66 heavy (non-hydrogen) atoms. The molecule has 0 bridgehead atoms. The second kappa shape index (κ2) is 19.2. The van der Waals surface area contributed by atoms with Crippen molar-refractivity contribution >= 4 is 42.0 Å². The van der Waals surface area contributed by atoms with E-state index in [1.54, 1.807) is 60.9 Å². The van der Waals surface area contributed by atoms with Crippen LogP contribution in [0.2, 0.25) is 0 Å². The number of nitrogens with one attached hydrogen (secondary N) is 2. The maximum Gasteiger partial charge on any atom is 0.241 e. The van der Waals surface area contributed by atoms with E-state index in [1.165, 1.54) is 38.5 Å². The van der Waals surface area contributed by atoms with Crippen molar-refractivity contribution in [2.45, 2.75) is 34.7 Å². The zero-order valence-electron chi connectivity index (χ0n) is 35.7. The van der Waals surface area contributed by atoms with Crippen LogP contribution in [-0.4, -0.2) is 67.5 Å². The number of methoxy groups -OCH3 is 2. The van der Waals surface area contributed by atoms with Gasteiger partial charge in [-0.2, -0.15) is 9.44 Å². The van der Waals surface area contributed by atoms with E-state index in [2.05, 4.69) is 19.4 Å². The first-order valence-corrected chi connectivity index (χ1v) is 23.9. The summed E-state index contributed by atoms with van der Waals surface area (Å²) < 4.78 is 105. The molecule has 2 aliphatic rings. The minimum atomic E-state index is -4.00. The molecule has 6 heterocycles. The fourth-order valence-electron chi connectivity index (χ4n) is 7.44. The predicted octanol–water partition coefficient (Wildman–Crippen LogP) is 8.13. The van der Waals surface area contributed by atoms with Gasteiger partial charge >= 0.3 is 0 Å². The Morgan fingerprint density at radius 3 is 1.32 bits per heavy atom. The summed E-state index contributed by atoms with van der Waals surface area (Å²) in [5.41, 5.74) is 2.05. The highest BCUT2D eigenvalue weighted by Crippen LogP contribution is 2.38. The molecule has 0 spiro atoms. The third-order valence-electron chi connectivity index (χ3n) is 10.6. The Bertz CT molecular complexity index is 2950. The lowest BCUT2D eigenvalue weighted by Gasteiger charge is -2.19. The number of para-hydroxylation sites is 2. The quantitative estimate of drug-likeness (QED) is 0.119. The van der Waals surface area contributed by atoms with Crippen molar-refractivity contribution in [3.8, 4) is 34.5 Å². The molecule has 340 valence electrons. The Balaban J connectivity index is 0.000000166. The first kappa shape index (κ1) is 44.1. The topological polar surface area (TPSA) is 200 Å². The lowest BCUT2D eigenvalue weighted by Crippen LogP contribution is -2.30. The summed E-state index contributed by atoms with van der Waals surface area (Å²) in [4.78, 5) is 8.89. The Kier molecular flexibility index (Phi) is 12.8. The number of aromatic nitrogens is 2. The van der Waals surface area contributed by atoms with Gasteiger partial charge in [-0.05, 0) is 72.8 Å². The van der Waals surface area contributed by atoms with Crippen LogP contribution < -0.4 is 37.9 Å². The molecule has 0 aliphatic carbocycles. The molecule has 16 nitrogen and oxygen atoms in total. The molecule has 0 saturated carbocycles. The maximum absolute atomic E-state index is 13.5. The van der Waals surface area contributed by atoms with Crippen LogP contribution in [0, 0.1) is 0 Å². The van der Waals surface area contributed by atoms with Gasteiger partial charge in [-0.25, -0.2) is 16.8 Å². The third-order valence-corrected chi connectivity index (χ3v) is 13.5. The average Bonchev–Trinajstić information content (AvgIpc) is 3.80. The number of hydrogen-bond donors (Lipinski definition) is 2. The van der Waals surface area contributed by atoms with E-state index >= 15 is 0 Å². The van der Waals surface area contributed by atoms with Gasteiger partial charge in [0.15, 0.2) is 23.0 Å². The lowest BCUT2D eigenvalue weighted by molar-refractivity contribution is 0.296. The summed E-state index contributed by atoms with van der Waals surface area (Å²) in [5, 5.41) is 1.70. The second-order valence-corrected chi connectivity index (χ2v) is 18.4. The molecule has 0 saturated heterocycles. The van der Waals surface area contributed by atoms with Crippen molar-refractivity contribution in [2.24, 2.45) is 0 Å². The highest BCUT2D eigenvalue weighted by molar-refractivity contribution is 7.89. The molecule has 18 heteroatoms. The number of benzene rings is 4. The van der Waals surface area contributed by atoms with Gasteiger partial charge in [0.25, 0.3) is 0 Å². The zero-order valence-corrected chi connectivity index (χ0v) is 37.3. The Morgan fingerprint density at radius 2 is 0.909 bits per heavy atom. The van der Waals surface area contributed by atoms with Crippen LogP contribution >= 0.6 is 0 Å². The Hall–Kier alpha value is -7.12. The average molecular weight is 933 g/mol. The number of pyridine rings is 2. The van der Waals surface area contributed by atoms with Crippen LogP contribution in [0.1, 0.15) is 47.8 Å². The van der Waals surface area contributed by atoms with Gasteiger partial charge in [0.05, 0.1) is 50.4 Å². The fourth-order valence-corrected chi connectivity index (χ4v) is 9.81. The molecule has 0 radical (unpaired) electrons. The minimum Gasteiger partial charge on any atom is -0.495 e. The zero-order chi connectivity index (χ0) is 45.7. The molecule has 8 aromatic rings. The molecule has 0 unspecified atom stereocenters. The Labute approximate surface area is 380 Å². The highest BCUT2D eigenvalue weighted by Gasteiger charge is 2.32. The monoisotopic (exact) mass is 932 g/mol. The van der Waals surface area contributed by atoms with E-state index < -0.39 is 32.1 Å². The van der Waals surface area contributed by atoms with Crippen LogP contribution in [0.15, 0.2) is 152 Å². The standard InChI is InChI=1S/2C24H22N2O6S/c2*1-29-20-8-4-11-25-23(20)24(22-14-16-6-2-3-7-18(16)32-22)26-33(27,28)17-9-10-19-21(15-17)31-13-5-12-30-19/h2*2-4,6-11,14-15,24,26H,5,12-13H2,1H3/t2*24-/m10/s1. The van der Waals surface area contributed by atoms with Crippen molar-refractivity contribution in [3.05, 3.63) is 157 Å². The van der Waals surface area contributed by atoms with Crippen LogP contribution in [0.5, 0.6) is 34.5 Å². The first-order chi connectivity index (χ1) is 32.1. The molecule has 2 aliphatic heterocycles. The van der Waals surface area contributed by atoms with Gasteiger partial charge < -0.3 is 37.3 Å². The van der Waals surface area contributed by atoms with Gasteiger partial charge in [0.1, 0.15) is 57.7 Å². The minimum absolute atomic E-state index is 0.0442. The normalized spacial score (nSPS) is 14.6. The summed E-state index contributed by atoms with van der Waals surface area (Å²) in [6.07, 6.45) is 4.61. The molecule has 4 aromatic carbocycles. The van der Waals surface area contributed by atoms with E-state index in [4.69, 9.17) is 37.3 Å². The van der Waals surface area contributed by atoms with Crippen LogP contribution in [0.25, 0.3) is 21.9 Å². The van der Waals surface area contributed by atoms with Gasteiger partial charge in [-0.3, -0.25) is 9.97 Å². The van der Waals surface area contributed by atoms with E-state index in [-0.39, 0.29) is 9.79 Å². The summed E-state index contributed by atoms with van der Waals surface area (Å²) in [6, 6.07) is 32.7. The number of ether oxygens (including phenoxy) is 6. The molecule has 2 N–H and O–H groups in total. The van der Waals surface area contributed by atoms with Crippen LogP contribution in [0.3, 0.4) is 0 Å². The number of hydrogen-bond acceptors (Lipinski definition) is 14. The fraction of sp³-hybridized carbons (Fsp3) is 0.208. The Morgan fingerprint density at radius 1 is 0.500 bits per heavy atom. The number of rotatable bonds is 12. The molecule has 10 rings (SSSR count). The van der Waals surface area contributed by atoms with Gasteiger partial charge in [-0.15, -0.1) is 0 Å². The smallest absolute Gasteiger partial charge is 0.241 e. The van der Waals surface area contributed by atoms with Crippen molar-refractivity contribution < 1.29 is 54.1 Å². The third kappa shape index (κ3) is 9.48. The molecule has 0 fully saturated rings. The summed E-state index contributed by atoms with van der Waals surface area (Å²) in [7, 11) is -4.99. The van der Waals surface area contributed by atoms with E-state index in [0.717, 1.165) is 23.6 Å². The number of fused-ring (bicyclic) bond motifs is 4. The molecule has 2 atom stereocenters. The molecule has 4 aromatic heterocycles. The lowest BCUT2D eigenvalue weighted by atomic mass is 10.1. The van der Waals surface area contributed by atoms with Crippen molar-refractivity contribution in [3.63, 3.8) is 0 Å². The number of nitrogens with zero attached hydrogens (tertiary/aromatic N) is 2. The molecular weight excluding hydrogens is 889 g/mol. The predicted molar refractivity (Wildman–Crippen MR) is 242 cm³/mol. The van der Waals surface area contributed by atoms with Crippen molar-refractivity contribution in [1.29, 1.82) is 0 Å². The maximum atomic E-state index is 13.5. The highest BCUT2D eigenvalue weighted by atomic mass is 32.2. The van der Waals surface area contributed by atoms with E-state index in [0.29, 0.717) is 95.0 Å². The van der Waals surface area contributed by atoms with Gasteiger partial charge in [0.2, 0.25) is 20.0 Å². The van der Waals surface area contributed by atoms with Crippen molar-refractivity contribution in [2.75, 3.05) is 40.6 Å². The summed E-state index contributed by atoms with van der Waals surface area (Å²) >= 11 is 0. The largest absolute Gasteiger partial charge is 0.495 e. The van der Waals surface area contributed by atoms with Crippen LogP contribution in [-0.2, 0) is 20.0 Å². The van der Waals surface area contributed by atoms with E-state index in [9.17, 15) is 16.8 Å². The van der Waals surface area contributed by atoms with Gasteiger partial charge in [0, 0.05) is 48.1 Å². The second-order valence-electron chi connectivity index (χ2n) is 15.0. The first-order valence-electron chi connectivity index (χ1n) is 20.9. The van der Waals surface area contributed by atoms with E-state index in [1.807, 2.05) is 48.5 Å². The molecule has 0 amide bonds.